The second-order valence-electron chi connectivity index (χ2n) is 6.24. The van der Waals surface area contributed by atoms with Crippen LogP contribution in [0.5, 0.6) is 0 Å². The molecule has 0 saturated carbocycles. The van der Waals surface area contributed by atoms with Crippen molar-refractivity contribution in [1.82, 2.24) is 0 Å². The minimum absolute atomic E-state index is 0. The summed E-state index contributed by atoms with van der Waals surface area (Å²) in [5.74, 6) is 0. The van der Waals surface area contributed by atoms with Crippen LogP contribution in [0.3, 0.4) is 0 Å². The van der Waals surface area contributed by atoms with Crippen molar-refractivity contribution in [2.45, 2.75) is 0 Å². The molecule has 0 heterocycles. The van der Waals surface area contributed by atoms with Crippen LogP contribution in [0.4, 0.5) is 0 Å². The Labute approximate surface area is 201 Å². The molecule has 0 aliphatic heterocycles. The van der Waals surface area contributed by atoms with Gasteiger partial charge >= 0.3 is 34.1 Å². The molecule has 0 aromatic heterocycles. The number of rotatable bonds is 3. The van der Waals surface area contributed by atoms with Gasteiger partial charge in [-0.05, 0) is 0 Å². The molecule has 0 atom stereocenters. The molecule has 5 rings (SSSR count). The number of hydrogen-bond acceptors (Lipinski definition) is 0. The van der Waals surface area contributed by atoms with Gasteiger partial charge < -0.3 is 0 Å². The maximum absolute atomic E-state index is 2.24. The molecule has 2 heteroatoms. The van der Waals surface area contributed by atoms with E-state index in [-0.39, 0.29) is 34.1 Å². The Balaban J connectivity index is 0.000000310. The molecule has 5 aromatic carbocycles. The first kappa shape index (κ1) is 25.4. The van der Waals surface area contributed by atoms with Crippen LogP contribution in [0.25, 0.3) is 11.6 Å². The molecule has 30 heavy (non-hydrogen) atoms. The average Bonchev–Trinajstić information content (AvgIpc) is 3.58. The predicted molar refractivity (Wildman–Crippen MR) is 122 cm³/mol. The largest absolute Gasteiger partial charge is 2.00 e. The molecule has 0 fully saturated rings. The molecule has 5 aromatic rings. The van der Waals surface area contributed by atoms with Gasteiger partial charge in [0.05, 0.1) is 0 Å². The molecule has 0 N–H and O–H groups in total. The summed E-state index contributed by atoms with van der Waals surface area (Å²) >= 11 is 0. The van der Waals surface area contributed by atoms with Crippen LogP contribution in [-0.4, -0.2) is 0 Å². The number of hydrogen-bond donors (Lipinski definition) is 0. The molecule has 0 radical (unpaired) electrons. The van der Waals surface area contributed by atoms with Gasteiger partial charge in [-0.25, -0.2) is 24.3 Å². The summed E-state index contributed by atoms with van der Waals surface area (Å²) in [4.78, 5) is 0. The summed E-state index contributed by atoms with van der Waals surface area (Å²) < 4.78 is 0. The Kier molecular flexibility index (Phi) is 12.9. The maximum atomic E-state index is 2.24. The zero-order valence-electron chi connectivity index (χ0n) is 16.6. The van der Waals surface area contributed by atoms with Gasteiger partial charge in [0.2, 0.25) is 0 Å². The van der Waals surface area contributed by atoms with Crippen LogP contribution in [0.1, 0.15) is 16.7 Å². The van der Waals surface area contributed by atoms with E-state index in [4.69, 9.17) is 0 Å². The van der Waals surface area contributed by atoms with Gasteiger partial charge in [-0.2, -0.15) is 90.0 Å². The Morgan fingerprint density at radius 2 is 1.03 bits per heavy atom. The molecule has 152 valence electrons. The zero-order chi connectivity index (χ0) is 19.3. The maximum Gasteiger partial charge on any atom is 2.00 e. The topological polar surface area (TPSA) is 0 Å². The quantitative estimate of drug-likeness (QED) is 0.188. The summed E-state index contributed by atoms with van der Waals surface area (Å²) in [7, 11) is 0. The van der Waals surface area contributed by atoms with Gasteiger partial charge in [0.1, 0.15) is 0 Å². The molecule has 0 aliphatic carbocycles. The summed E-state index contributed by atoms with van der Waals surface area (Å²) in [6.45, 7) is 0. The molecule has 0 unspecified atom stereocenters. The first-order valence-corrected chi connectivity index (χ1v) is 9.48. The van der Waals surface area contributed by atoms with Crippen molar-refractivity contribution in [3.05, 3.63) is 156 Å². The minimum Gasteiger partial charge on any atom is -0.214 e. The molecular formula is C28H24Fe2. The predicted octanol–water partition coefficient (Wildman–Crippen LogP) is 7.52. The summed E-state index contributed by atoms with van der Waals surface area (Å²) in [6, 6.07) is 47.4. The van der Waals surface area contributed by atoms with Crippen molar-refractivity contribution in [2.24, 2.45) is 0 Å². The molecule has 0 saturated heterocycles. The van der Waals surface area contributed by atoms with Crippen molar-refractivity contribution in [3.63, 3.8) is 0 Å². The van der Waals surface area contributed by atoms with Crippen LogP contribution >= 0.6 is 0 Å². The van der Waals surface area contributed by atoms with Gasteiger partial charge in [-0.1, -0.05) is 30.3 Å². The summed E-state index contributed by atoms with van der Waals surface area (Å²) in [6.07, 6.45) is 2.24. The van der Waals surface area contributed by atoms with E-state index in [2.05, 4.69) is 84.9 Å². The van der Waals surface area contributed by atoms with Gasteiger partial charge in [0, 0.05) is 0 Å². The van der Waals surface area contributed by atoms with Crippen LogP contribution < -0.4 is 0 Å². The van der Waals surface area contributed by atoms with E-state index >= 15 is 0 Å². The van der Waals surface area contributed by atoms with E-state index < -0.39 is 0 Å². The summed E-state index contributed by atoms with van der Waals surface area (Å²) in [5, 5.41) is 0. The first-order valence-electron chi connectivity index (χ1n) is 9.48. The zero-order valence-corrected chi connectivity index (χ0v) is 18.8. The molecule has 0 aliphatic rings. The van der Waals surface area contributed by atoms with E-state index in [1.165, 1.54) is 22.3 Å². The van der Waals surface area contributed by atoms with Crippen molar-refractivity contribution in [2.75, 3.05) is 0 Å². The third-order valence-electron chi connectivity index (χ3n) is 4.17. The Bertz CT molecular complexity index is 910. The summed E-state index contributed by atoms with van der Waals surface area (Å²) in [5.41, 5.74) is 5.04. The molecular weight excluding hydrogens is 448 g/mol. The van der Waals surface area contributed by atoms with Crippen molar-refractivity contribution >= 4 is 11.6 Å². The van der Waals surface area contributed by atoms with Crippen LogP contribution in [0, 0.1) is 0 Å². The Hall–Kier alpha value is -2.60. The van der Waals surface area contributed by atoms with E-state index in [0.29, 0.717) is 0 Å². The Morgan fingerprint density at radius 1 is 0.567 bits per heavy atom. The SMILES string of the molecule is C(=C(c1ccccc1)[c-]1cccc1)[c-]1cccc1.[Fe+2].[Fe+2].c1cc[cH-]c1.c1cc[cH-]c1. The van der Waals surface area contributed by atoms with Gasteiger partial charge in [0.25, 0.3) is 0 Å². The first-order chi connectivity index (χ1) is 13.9. The fourth-order valence-corrected chi connectivity index (χ4v) is 2.80. The number of benzene rings is 1. The molecule has 0 spiro atoms. The smallest absolute Gasteiger partial charge is 0.214 e. The monoisotopic (exact) mass is 472 g/mol. The van der Waals surface area contributed by atoms with E-state index in [1.807, 2.05) is 60.7 Å². The van der Waals surface area contributed by atoms with Gasteiger partial charge in [0.15, 0.2) is 0 Å². The average molecular weight is 472 g/mol. The third kappa shape index (κ3) is 8.82. The second-order valence-corrected chi connectivity index (χ2v) is 6.24. The molecule has 0 nitrogen and oxygen atoms in total. The van der Waals surface area contributed by atoms with Crippen LogP contribution in [-0.2, 0) is 34.1 Å². The third-order valence-corrected chi connectivity index (χ3v) is 4.17. The van der Waals surface area contributed by atoms with Crippen molar-refractivity contribution < 1.29 is 34.1 Å². The fraction of sp³-hybridized carbons (Fsp3) is 0. The van der Waals surface area contributed by atoms with Crippen molar-refractivity contribution in [1.29, 1.82) is 0 Å². The molecule has 0 amide bonds. The van der Waals surface area contributed by atoms with Crippen LogP contribution in [0.15, 0.2) is 140 Å². The van der Waals surface area contributed by atoms with Crippen LogP contribution in [0.2, 0.25) is 0 Å². The fourth-order valence-electron chi connectivity index (χ4n) is 2.80. The normalized spacial score (nSPS) is 9.67. The van der Waals surface area contributed by atoms with E-state index in [1.54, 1.807) is 0 Å². The second kappa shape index (κ2) is 15.3. The minimum atomic E-state index is 0. The van der Waals surface area contributed by atoms with Gasteiger partial charge in [-0.3, -0.25) is 0 Å². The van der Waals surface area contributed by atoms with E-state index in [0.717, 1.165) is 0 Å². The van der Waals surface area contributed by atoms with Crippen molar-refractivity contribution in [3.8, 4) is 0 Å². The standard InChI is InChI=1S/C18H14.2C5H5.2Fe/c1-2-10-16(11-3-1)18(17-12-6-7-13-17)14-15-8-4-5-9-15;2*1-2-4-5-3-1;;/h1-14H;2*1-5H;;/q-2;2*-1;2*+2. The Morgan fingerprint density at radius 3 is 1.47 bits per heavy atom. The van der Waals surface area contributed by atoms with E-state index in [9.17, 15) is 0 Å². The van der Waals surface area contributed by atoms with Gasteiger partial charge in [-0.15, -0.1) is 23.3 Å². The molecule has 0 bridgehead atoms.